The second-order valence-corrected chi connectivity index (χ2v) is 12.9. The number of hydrogen-bond acceptors (Lipinski definition) is 5. The molecule has 2 amide bonds. The molecule has 2 aliphatic rings. The van der Waals surface area contributed by atoms with Crippen molar-refractivity contribution in [3.8, 4) is 11.1 Å². The number of amides is 2. The highest BCUT2D eigenvalue weighted by atomic mass is 16.5. The van der Waals surface area contributed by atoms with Crippen LogP contribution in [0.5, 0.6) is 0 Å². The summed E-state index contributed by atoms with van der Waals surface area (Å²) >= 11 is 0. The van der Waals surface area contributed by atoms with Crippen LogP contribution in [0.4, 0.5) is 5.69 Å². The van der Waals surface area contributed by atoms with Crippen LogP contribution in [-0.4, -0.2) is 57.8 Å². The minimum absolute atomic E-state index is 0.000502. The number of anilines is 1. The van der Waals surface area contributed by atoms with Crippen molar-refractivity contribution in [2.24, 2.45) is 5.92 Å². The molecule has 0 spiro atoms. The Balaban J connectivity index is 1.04. The molecule has 234 valence electrons. The van der Waals surface area contributed by atoms with Gasteiger partial charge in [-0.3, -0.25) is 19.3 Å². The lowest BCUT2D eigenvalue weighted by Gasteiger charge is -2.32. The standard InChI is InChI=1S/C37H43N5O3/c1-25(2)20-33-11-10-31(22-38-33)36(43)40-35-21-30(5-4-26(35)3)37(44)41-16-12-29(13-17-41)27-6-8-28(9-7-27)32-23-39-42(24-32)34-14-18-45-19-15-34/h4-11,21-25,29,34H,12-20H2,1-3H3,(H,40,43). The van der Waals surface area contributed by atoms with Crippen molar-refractivity contribution in [2.75, 3.05) is 31.6 Å². The van der Waals surface area contributed by atoms with Crippen LogP contribution in [0.3, 0.4) is 0 Å². The quantitative estimate of drug-likeness (QED) is 0.232. The Morgan fingerprint density at radius 2 is 1.64 bits per heavy atom. The van der Waals surface area contributed by atoms with Crippen molar-refractivity contribution in [2.45, 2.75) is 64.8 Å². The lowest BCUT2D eigenvalue weighted by atomic mass is 9.88. The summed E-state index contributed by atoms with van der Waals surface area (Å²) in [6, 6.07) is 18.5. The molecule has 45 heavy (non-hydrogen) atoms. The number of hydrogen-bond donors (Lipinski definition) is 1. The highest BCUT2D eigenvalue weighted by Crippen LogP contribution is 2.31. The summed E-state index contributed by atoms with van der Waals surface area (Å²) in [6.07, 6.45) is 10.5. The third-order valence-electron chi connectivity index (χ3n) is 9.10. The Morgan fingerprint density at radius 3 is 2.33 bits per heavy atom. The number of rotatable bonds is 8. The number of likely N-dealkylation sites (tertiary alicyclic amines) is 1. The Kier molecular flexibility index (Phi) is 9.40. The predicted molar refractivity (Wildman–Crippen MR) is 177 cm³/mol. The summed E-state index contributed by atoms with van der Waals surface area (Å²) in [5.74, 6) is 0.690. The van der Waals surface area contributed by atoms with Gasteiger partial charge in [-0.05, 0) is 91.8 Å². The van der Waals surface area contributed by atoms with E-state index in [1.54, 1.807) is 12.3 Å². The van der Waals surface area contributed by atoms with Crippen molar-refractivity contribution in [3.63, 3.8) is 0 Å². The highest BCUT2D eigenvalue weighted by Gasteiger charge is 2.25. The molecule has 0 saturated carbocycles. The topological polar surface area (TPSA) is 89.4 Å². The summed E-state index contributed by atoms with van der Waals surface area (Å²) in [5.41, 5.74) is 7.23. The fraction of sp³-hybridized carbons (Fsp3) is 0.405. The van der Waals surface area contributed by atoms with Gasteiger partial charge in [0.05, 0.1) is 17.8 Å². The number of aryl methyl sites for hydroxylation is 1. The lowest BCUT2D eigenvalue weighted by molar-refractivity contribution is 0.0662. The van der Waals surface area contributed by atoms with E-state index < -0.39 is 0 Å². The second-order valence-electron chi connectivity index (χ2n) is 12.9. The first-order valence-corrected chi connectivity index (χ1v) is 16.2. The molecule has 1 N–H and O–H groups in total. The van der Waals surface area contributed by atoms with Crippen molar-refractivity contribution in [1.29, 1.82) is 0 Å². The van der Waals surface area contributed by atoms with Gasteiger partial charge in [0.15, 0.2) is 0 Å². The molecule has 4 heterocycles. The molecule has 0 bridgehead atoms. The van der Waals surface area contributed by atoms with E-state index in [0.717, 1.165) is 62.1 Å². The average Bonchev–Trinajstić information content (AvgIpc) is 3.57. The van der Waals surface area contributed by atoms with E-state index in [1.165, 1.54) is 11.1 Å². The summed E-state index contributed by atoms with van der Waals surface area (Å²) in [4.78, 5) is 32.8. The number of carbonyl (C=O) groups is 2. The predicted octanol–water partition coefficient (Wildman–Crippen LogP) is 7.08. The van der Waals surface area contributed by atoms with Crippen molar-refractivity contribution in [3.05, 3.63) is 101 Å². The minimum Gasteiger partial charge on any atom is -0.381 e. The van der Waals surface area contributed by atoms with E-state index in [1.807, 2.05) is 42.3 Å². The second kappa shape index (κ2) is 13.8. The van der Waals surface area contributed by atoms with Gasteiger partial charge in [-0.15, -0.1) is 0 Å². The van der Waals surface area contributed by atoms with Gasteiger partial charge >= 0.3 is 0 Å². The average molecular weight is 606 g/mol. The number of aromatic nitrogens is 3. The third-order valence-corrected chi connectivity index (χ3v) is 9.10. The number of piperidine rings is 1. The van der Waals surface area contributed by atoms with Gasteiger partial charge in [0.1, 0.15) is 0 Å². The molecule has 6 rings (SSSR count). The molecule has 0 unspecified atom stereocenters. The first kappa shape index (κ1) is 30.7. The number of pyridine rings is 1. The minimum atomic E-state index is -0.230. The number of benzene rings is 2. The van der Waals surface area contributed by atoms with Crippen LogP contribution in [0.25, 0.3) is 11.1 Å². The van der Waals surface area contributed by atoms with Gasteiger partial charge in [-0.25, -0.2) is 0 Å². The summed E-state index contributed by atoms with van der Waals surface area (Å²) in [5, 5.41) is 7.62. The van der Waals surface area contributed by atoms with E-state index in [9.17, 15) is 9.59 Å². The molecule has 2 aliphatic heterocycles. The summed E-state index contributed by atoms with van der Waals surface area (Å²) < 4.78 is 7.58. The van der Waals surface area contributed by atoms with E-state index in [2.05, 4.69) is 64.4 Å². The maximum Gasteiger partial charge on any atom is 0.257 e. The first-order valence-electron chi connectivity index (χ1n) is 16.2. The fourth-order valence-electron chi connectivity index (χ4n) is 6.36. The van der Waals surface area contributed by atoms with E-state index in [0.29, 0.717) is 47.8 Å². The van der Waals surface area contributed by atoms with Crippen LogP contribution in [0.15, 0.2) is 73.2 Å². The summed E-state index contributed by atoms with van der Waals surface area (Å²) in [7, 11) is 0. The maximum absolute atomic E-state index is 13.5. The zero-order chi connectivity index (χ0) is 31.3. The largest absolute Gasteiger partial charge is 0.381 e. The zero-order valence-corrected chi connectivity index (χ0v) is 26.5. The summed E-state index contributed by atoms with van der Waals surface area (Å²) in [6.45, 7) is 9.23. The van der Waals surface area contributed by atoms with Crippen molar-refractivity contribution in [1.82, 2.24) is 19.7 Å². The molecular formula is C37H43N5O3. The Hall–Kier alpha value is -4.30. The van der Waals surface area contributed by atoms with Gasteiger partial charge in [0, 0.05) is 61.2 Å². The zero-order valence-electron chi connectivity index (χ0n) is 26.5. The molecule has 0 atom stereocenters. The molecule has 8 nitrogen and oxygen atoms in total. The van der Waals surface area contributed by atoms with Crippen LogP contribution in [0.2, 0.25) is 0 Å². The van der Waals surface area contributed by atoms with Crippen LogP contribution in [0.1, 0.15) is 89.0 Å². The first-order chi connectivity index (χ1) is 21.8. The molecule has 2 fully saturated rings. The Labute approximate surface area is 265 Å². The van der Waals surface area contributed by atoms with Crippen LogP contribution < -0.4 is 5.32 Å². The van der Waals surface area contributed by atoms with E-state index in [-0.39, 0.29) is 11.8 Å². The van der Waals surface area contributed by atoms with Crippen LogP contribution in [-0.2, 0) is 11.2 Å². The smallest absolute Gasteiger partial charge is 0.257 e. The van der Waals surface area contributed by atoms with Gasteiger partial charge < -0.3 is 15.0 Å². The van der Waals surface area contributed by atoms with Crippen molar-refractivity contribution >= 4 is 17.5 Å². The normalized spacial score (nSPS) is 16.2. The maximum atomic E-state index is 13.5. The van der Waals surface area contributed by atoms with Gasteiger partial charge in [-0.1, -0.05) is 44.2 Å². The molecule has 0 aliphatic carbocycles. The number of ether oxygens (including phenoxy) is 1. The van der Waals surface area contributed by atoms with Gasteiger partial charge in [-0.2, -0.15) is 5.10 Å². The molecule has 0 radical (unpaired) electrons. The highest BCUT2D eigenvalue weighted by molar-refractivity contribution is 6.05. The number of nitrogens with zero attached hydrogens (tertiary/aromatic N) is 4. The molecular weight excluding hydrogens is 562 g/mol. The molecule has 8 heteroatoms. The molecule has 2 saturated heterocycles. The molecule has 2 aromatic carbocycles. The van der Waals surface area contributed by atoms with Gasteiger partial charge in [0.2, 0.25) is 0 Å². The van der Waals surface area contributed by atoms with E-state index >= 15 is 0 Å². The lowest BCUT2D eigenvalue weighted by Crippen LogP contribution is -2.38. The Morgan fingerprint density at radius 1 is 0.911 bits per heavy atom. The SMILES string of the molecule is Cc1ccc(C(=O)N2CCC(c3ccc(-c4cnn(C5CCOCC5)c4)cc3)CC2)cc1NC(=O)c1ccc(CC(C)C)nc1. The van der Waals surface area contributed by atoms with Crippen LogP contribution >= 0.6 is 0 Å². The van der Waals surface area contributed by atoms with E-state index in [4.69, 9.17) is 4.74 Å². The fourth-order valence-corrected chi connectivity index (χ4v) is 6.36. The van der Waals surface area contributed by atoms with Gasteiger partial charge in [0.25, 0.3) is 11.8 Å². The third kappa shape index (κ3) is 7.34. The monoisotopic (exact) mass is 605 g/mol. The molecule has 2 aromatic heterocycles. The number of nitrogens with one attached hydrogen (secondary N) is 1. The van der Waals surface area contributed by atoms with Crippen molar-refractivity contribution < 1.29 is 14.3 Å². The number of carbonyl (C=O) groups excluding carboxylic acids is 2. The van der Waals surface area contributed by atoms with Crippen LogP contribution in [0, 0.1) is 12.8 Å². The Bertz CT molecular complexity index is 1610. The molecule has 4 aromatic rings.